The number of halogens is 1. The summed E-state index contributed by atoms with van der Waals surface area (Å²) in [6.07, 6.45) is 4.39. The van der Waals surface area contributed by atoms with Crippen LogP contribution in [-0.4, -0.2) is 44.8 Å². The Balaban J connectivity index is 0.00000320. The van der Waals surface area contributed by atoms with Gasteiger partial charge in [0.1, 0.15) is 17.3 Å². The molecule has 0 radical (unpaired) electrons. The van der Waals surface area contributed by atoms with Crippen molar-refractivity contribution in [1.29, 1.82) is 0 Å². The molecule has 0 aliphatic carbocycles. The minimum absolute atomic E-state index is 0. The third-order valence-electron chi connectivity index (χ3n) is 4.65. The Bertz CT molecular complexity index is 922. The van der Waals surface area contributed by atoms with Crippen LogP contribution in [0, 0.1) is 0 Å². The van der Waals surface area contributed by atoms with E-state index in [-0.39, 0.29) is 24.0 Å². The highest BCUT2D eigenvalue weighted by Crippen LogP contribution is 2.31. The van der Waals surface area contributed by atoms with Gasteiger partial charge in [-0.15, -0.1) is 24.0 Å². The lowest BCUT2D eigenvalue weighted by Crippen LogP contribution is -2.38. The summed E-state index contributed by atoms with van der Waals surface area (Å²) in [6.45, 7) is 4.42. The lowest BCUT2D eigenvalue weighted by molar-refractivity contribution is 0.398. The summed E-state index contributed by atoms with van der Waals surface area (Å²) >= 11 is 0. The van der Waals surface area contributed by atoms with E-state index in [9.17, 15) is 0 Å². The first-order valence-corrected chi connectivity index (χ1v) is 10.0. The van der Waals surface area contributed by atoms with E-state index < -0.39 is 0 Å². The number of furan rings is 1. The zero-order valence-corrected chi connectivity index (χ0v) is 20.1. The van der Waals surface area contributed by atoms with Crippen molar-refractivity contribution in [2.45, 2.75) is 26.2 Å². The second kappa shape index (κ2) is 12.4. The molecule has 2 aromatic heterocycles. The second-order valence-corrected chi connectivity index (χ2v) is 6.71. The Kier molecular flexibility index (Phi) is 9.85. The molecule has 0 unspecified atom stereocenters. The number of aromatic nitrogens is 1. The monoisotopic (exact) mass is 526 g/mol. The summed E-state index contributed by atoms with van der Waals surface area (Å²) in [4.78, 5) is 8.13. The first-order valence-electron chi connectivity index (χ1n) is 10.0. The normalized spacial score (nSPS) is 11.2. The number of rotatable bonds is 10. The number of nitrogens with one attached hydrogen (secondary N) is 3. The number of hydrogen-bond acceptors (Lipinski definition) is 4. The molecule has 0 saturated carbocycles. The maximum atomic E-state index is 5.49. The van der Waals surface area contributed by atoms with Gasteiger partial charge in [0.25, 0.3) is 0 Å². The summed E-state index contributed by atoms with van der Waals surface area (Å²) in [5.41, 5.74) is 2.19. The molecule has 0 spiro atoms. The molecule has 2 heterocycles. The number of aliphatic imine (C=N–C) groups is 1. The van der Waals surface area contributed by atoms with Crippen molar-refractivity contribution < 1.29 is 13.9 Å². The van der Waals surface area contributed by atoms with E-state index in [1.165, 1.54) is 0 Å². The van der Waals surface area contributed by atoms with Crippen LogP contribution >= 0.6 is 24.0 Å². The molecule has 30 heavy (non-hydrogen) atoms. The zero-order valence-electron chi connectivity index (χ0n) is 17.8. The predicted molar refractivity (Wildman–Crippen MR) is 132 cm³/mol. The highest BCUT2D eigenvalue weighted by atomic mass is 127. The van der Waals surface area contributed by atoms with Gasteiger partial charge in [-0.3, -0.25) is 4.99 Å². The number of aromatic amines is 1. The number of hydrogen-bond donors (Lipinski definition) is 3. The number of methoxy groups -OCH3 is 2. The number of guanidine groups is 1. The standard InChI is InChI=1S/C22H30N4O3.HI/c1-4-23-22(25-11-9-17-8-6-12-29-17)24-10-5-7-16-13-19-20(26-16)14-18(27-2)15-21(19)28-3;/h6,8,12-15,26H,4-5,7,9-11H2,1-3H3,(H2,23,24,25);1H. The topological polar surface area (TPSA) is 83.8 Å². The van der Waals surface area contributed by atoms with Gasteiger partial charge in [-0.1, -0.05) is 0 Å². The van der Waals surface area contributed by atoms with Gasteiger partial charge in [-0.05, 0) is 38.0 Å². The van der Waals surface area contributed by atoms with Crippen molar-refractivity contribution in [3.63, 3.8) is 0 Å². The van der Waals surface area contributed by atoms with Crippen LogP contribution in [0.15, 0.2) is 46.0 Å². The molecule has 0 bridgehead atoms. The quantitative estimate of drug-likeness (QED) is 0.160. The van der Waals surface area contributed by atoms with Crippen LogP contribution in [-0.2, 0) is 12.8 Å². The van der Waals surface area contributed by atoms with Crippen LogP contribution in [0.5, 0.6) is 11.5 Å². The van der Waals surface area contributed by atoms with E-state index in [1.807, 2.05) is 24.3 Å². The van der Waals surface area contributed by atoms with Gasteiger partial charge >= 0.3 is 0 Å². The Morgan fingerprint density at radius 2 is 2.00 bits per heavy atom. The summed E-state index contributed by atoms with van der Waals surface area (Å²) in [7, 11) is 3.34. The second-order valence-electron chi connectivity index (χ2n) is 6.71. The van der Waals surface area contributed by atoms with E-state index in [2.05, 4.69) is 33.6 Å². The molecular weight excluding hydrogens is 495 g/mol. The number of nitrogens with zero attached hydrogens (tertiary/aromatic N) is 1. The molecule has 3 aromatic rings. The zero-order chi connectivity index (χ0) is 20.5. The number of ether oxygens (including phenoxy) is 2. The smallest absolute Gasteiger partial charge is 0.191 e. The van der Waals surface area contributed by atoms with Gasteiger partial charge in [-0.2, -0.15) is 0 Å². The third kappa shape index (κ3) is 6.58. The Morgan fingerprint density at radius 3 is 2.70 bits per heavy atom. The molecule has 8 heteroatoms. The van der Waals surface area contributed by atoms with Crippen LogP contribution in [0.4, 0.5) is 0 Å². The molecule has 7 nitrogen and oxygen atoms in total. The number of H-pyrrole nitrogens is 1. The van der Waals surface area contributed by atoms with Gasteiger partial charge in [0, 0.05) is 49.3 Å². The van der Waals surface area contributed by atoms with E-state index in [4.69, 9.17) is 13.9 Å². The lowest BCUT2D eigenvalue weighted by Gasteiger charge is -2.10. The first kappa shape index (κ1) is 23.9. The van der Waals surface area contributed by atoms with Crippen molar-refractivity contribution in [2.24, 2.45) is 4.99 Å². The van der Waals surface area contributed by atoms with Gasteiger partial charge in [-0.25, -0.2) is 0 Å². The van der Waals surface area contributed by atoms with Gasteiger partial charge < -0.3 is 29.5 Å². The lowest BCUT2D eigenvalue weighted by atomic mass is 10.2. The van der Waals surface area contributed by atoms with Crippen LogP contribution in [0.3, 0.4) is 0 Å². The number of aryl methyl sites for hydroxylation is 1. The Hall–Kier alpha value is -2.36. The van der Waals surface area contributed by atoms with Crippen LogP contribution in [0.1, 0.15) is 24.8 Å². The van der Waals surface area contributed by atoms with E-state index in [0.29, 0.717) is 0 Å². The van der Waals surface area contributed by atoms with Gasteiger partial charge in [0.05, 0.1) is 26.0 Å². The highest BCUT2D eigenvalue weighted by molar-refractivity contribution is 14.0. The summed E-state index contributed by atoms with van der Waals surface area (Å²) in [5, 5.41) is 7.70. The summed E-state index contributed by atoms with van der Waals surface area (Å²) in [5.74, 6) is 3.40. The van der Waals surface area contributed by atoms with Crippen molar-refractivity contribution >= 4 is 40.8 Å². The Morgan fingerprint density at radius 1 is 1.13 bits per heavy atom. The molecular formula is C22H31IN4O3. The molecule has 1 aromatic carbocycles. The summed E-state index contributed by atoms with van der Waals surface area (Å²) in [6, 6.07) is 9.93. The maximum absolute atomic E-state index is 5.49. The minimum atomic E-state index is 0. The minimum Gasteiger partial charge on any atom is -0.497 e. The highest BCUT2D eigenvalue weighted by Gasteiger charge is 2.09. The Labute approximate surface area is 194 Å². The van der Waals surface area contributed by atoms with Crippen molar-refractivity contribution in [3.05, 3.63) is 48.0 Å². The largest absolute Gasteiger partial charge is 0.497 e. The summed E-state index contributed by atoms with van der Waals surface area (Å²) < 4.78 is 16.2. The SMILES string of the molecule is CCNC(=NCCCc1cc2c(OC)cc(OC)cc2[nH]1)NCCc1ccco1.I. The molecule has 0 amide bonds. The molecule has 164 valence electrons. The molecule has 0 saturated heterocycles. The van der Waals surface area contributed by atoms with Crippen molar-refractivity contribution in [2.75, 3.05) is 33.9 Å². The predicted octanol–water partition coefficient (Wildman–Crippen LogP) is 4.13. The van der Waals surface area contributed by atoms with Crippen LogP contribution in [0.2, 0.25) is 0 Å². The molecule has 0 aliphatic rings. The fourth-order valence-electron chi connectivity index (χ4n) is 3.22. The van der Waals surface area contributed by atoms with Gasteiger partial charge in [0.15, 0.2) is 5.96 Å². The maximum Gasteiger partial charge on any atom is 0.191 e. The van der Waals surface area contributed by atoms with Crippen LogP contribution in [0.25, 0.3) is 10.9 Å². The first-order chi connectivity index (χ1) is 14.2. The molecule has 0 aliphatic heterocycles. The van der Waals surface area contributed by atoms with E-state index in [0.717, 1.165) is 78.7 Å². The number of fused-ring (bicyclic) bond motifs is 1. The fraction of sp³-hybridized carbons (Fsp3) is 0.409. The molecule has 3 rings (SSSR count). The molecule has 3 N–H and O–H groups in total. The average molecular weight is 526 g/mol. The molecule has 0 fully saturated rings. The van der Waals surface area contributed by atoms with Crippen molar-refractivity contribution in [1.82, 2.24) is 15.6 Å². The van der Waals surface area contributed by atoms with Crippen molar-refractivity contribution in [3.8, 4) is 11.5 Å². The van der Waals surface area contributed by atoms with Gasteiger partial charge in [0.2, 0.25) is 0 Å². The average Bonchev–Trinajstić information content (AvgIpc) is 3.39. The number of benzene rings is 1. The molecule has 0 atom stereocenters. The van der Waals surface area contributed by atoms with E-state index in [1.54, 1.807) is 20.5 Å². The van der Waals surface area contributed by atoms with Crippen LogP contribution < -0.4 is 20.1 Å². The third-order valence-corrected chi connectivity index (χ3v) is 4.65. The van der Waals surface area contributed by atoms with E-state index >= 15 is 0 Å². The fourth-order valence-corrected chi connectivity index (χ4v) is 3.22.